The molecule has 3 aromatic carbocycles. The van der Waals surface area contributed by atoms with Crippen molar-refractivity contribution in [2.45, 2.75) is 6.42 Å². The molecule has 4 nitrogen and oxygen atoms in total. The number of hydrogen-bond donors (Lipinski definition) is 0. The minimum atomic E-state index is -0.245. The maximum atomic E-state index is 13.1. The Hall–Kier alpha value is -3.38. The van der Waals surface area contributed by atoms with Crippen LogP contribution in [-0.4, -0.2) is 19.8 Å². The van der Waals surface area contributed by atoms with Gasteiger partial charge in [-0.25, -0.2) is 4.39 Å². The van der Waals surface area contributed by atoms with Gasteiger partial charge in [0.2, 0.25) is 4.96 Å². The van der Waals surface area contributed by atoms with E-state index in [4.69, 9.17) is 5.10 Å². The zero-order chi connectivity index (χ0) is 18.9. The third-order valence-electron chi connectivity index (χ3n) is 4.57. The predicted molar refractivity (Wildman–Crippen MR) is 109 cm³/mol. The molecule has 0 aliphatic rings. The number of hydrogen-bond acceptors (Lipinski definition) is 4. The summed E-state index contributed by atoms with van der Waals surface area (Å²) in [5, 5.41) is 14.1. The molecule has 5 aromatic rings. The van der Waals surface area contributed by atoms with Gasteiger partial charge in [0.15, 0.2) is 5.82 Å². The Morgan fingerprint density at radius 3 is 2.18 bits per heavy atom. The van der Waals surface area contributed by atoms with Crippen LogP contribution in [0.3, 0.4) is 0 Å². The van der Waals surface area contributed by atoms with E-state index in [1.165, 1.54) is 34.6 Å². The third kappa shape index (κ3) is 3.18. The molecule has 0 aliphatic heterocycles. The van der Waals surface area contributed by atoms with E-state index in [9.17, 15) is 4.39 Å². The van der Waals surface area contributed by atoms with Gasteiger partial charge in [-0.1, -0.05) is 78.1 Å². The largest absolute Gasteiger partial charge is 0.234 e. The van der Waals surface area contributed by atoms with Gasteiger partial charge in [0, 0.05) is 12.0 Å². The minimum absolute atomic E-state index is 0.245. The van der Waals surface area contributed by atoms with Crippen LogP contribution in [0.4, 0.5) is 4.39 Å². The van der Waals surface area contributed by atoms with Crippen LogP contribution in [0.15, 0.2) is 78.9 Å². The summed E-state index contributed by atoms with van der Waals surface area (Å²) in [6.07, 6.45) is 0.553. The molecule has 0 fully saturated rings. The molecule has 136 valence electrons. The van der Waals surface area contributed by atoms with Crippen LogP contribution in [0.25, 0.3) is 26.7 Å². The van der Waals surface area contributed by atoms with Crippen LogP contribution in [0.2, 0.25) is 0 Å². The Bertz CT molecular complexity index is 1230. The lowest BCUT2D eigenvalue weighted by molar-refractivity contribution is 0.627. The summed E-state index contributed by atoms with van der Waals surface area (Å²) in [6, 6.07) is 25.1. The van der Waals surface area contributed by atoms with E-state index >= 15 is 0 Å². The Morgan fingerprint density at radius 1 is 0.750 bits per heavy atom. The topological polar surface area (TPSA) is 43.1 Å². The zero-order valence-electron chi connectivity index (χ0n) is 14.8. The number of rotatable bonds is 4. The van der Waals surface area contributed by atoms with Crippen LogP contribution in [0.1, 0.15) is 11.4 Å². The second-order valence-corrected chi connectivity index (χ2v) is 7.42. The SMILES string of the molecule is Fc1ccc(Cc2nnc3sc(-c4ccc(-c5ccccc5)cc4)nn23)cc1. The maximum absolute atomic E-state index is 13.1. The van der Waals surface area contributed by atoms with E-state index < -0.39 is 0 Å². The fourth-order valence-corrected chi connectivity index (χ4v) is 3.97. The van der Waals surface area contributed by atoms with E-state index in [1.807, 2.05) is 18.2 Å². The van der Waals surface area contributed by atoms with E-state index in [1.54, 1.807) is 16.6 Å². The van der Waals surface area contributed by atoms with Gasteiger partial charge in [-0.05, 0) is 28.8 Å². The highest BCUT2D eigenvalue weighted by Gasteiger charge is 2.13. The molecule has 5 rings (SSSR count). The zero-order valence-corrected chi connectivity index (χ0v) is 15.6. The second-order valence-electron chi connectivity index (χ2n) is 6.46. The van der Waals surface area contributed by atoms with E-state index in [2.05, 4.69) is 46.6 Å². The van der Waals surface area contributed by atoms with Gasteiger partial charge in [0.1, 0.15) is 10.8 Å². The molecule has 0 saturated carbocycles. The molecule has 0 atom stereocenters. The third-order valence-corrected chi connectivity index (χ3v) is 5.52. The number of nitrogens with zero attached hydrogens (tertiary/aromatic N) is 4. The molecule has 0 bridgehead atoms. The Labute approximate surface area is 164 Å². The monoisotopic (exact) mass is 386 g/mol. The molecule has 0 unspecified atom stereocenters. The maximum Gasteiger partial charge on any atom is 0.234 e. The van der Waals surface area contributed by atoms with E-state index in [0.29, 0.717) is 6.42 Å². The highest BCUT2D eigenvalue weighted by molar-refractivity contribution is 7.19. The van der Waals surface area contributed by atoms with Gasteiger partial charge < -0.3 is 0 Å². The lowest BCUT2D eigenvalue weighted by Gasteiger charge is -2.02. The molecule has 0 N–H and O–H groups in total. The first-order valence-electron chi connectivity index (χ1n) is 8.88. The van der Waals surface area contributed by atoms with Gasteiger partial charge in [-0.3, -0.25) is 0 Å². The molecule has 2 heterocycles. The lowest BCUT2D eigenvalue weighted by Crippen LogP contribution is -1.97. The number of halogens is 1. The van der Waals surface area contributed by atoms with Crippen LogP contribution < -0.4 is 0 Å². The lowest BCUT2D eigenvalue weighted by atomic mass is 10.0. The summed E-state index contributed by atoms with van der Waals surface area (Å²) >= 11 is 1.50. The molecular weight excluding hydrogens is 371 g/mol. The van der Waals surface area contributed by atoms with Crippen molar-refractivity contribution in [3.8, 4) is 21.7 Å². The summed E-state index contributed by atoms with van der Waals surface area (Å²) in [6.45, 7) is 0. The summed E-state index contributed by atoms with van der Waals surface area (Å²) in [5.74, 6) is 0.495. The van der Waals surface area contributed by atoms with Crippen molar-refractivity contribution in [1.82, 2.24) is 19.8 Å². The average Bonchev–Trinajstić information content (AvgIpc) is 3.32. The normalized spacial score (nSPS) is 11.2. The molecule has 2 aromatic heterocycles. The predicted octanol–water partition coefficient (Wildman–Crippen LogP) is 5.25. The Morgan fingerprint density at radius 2 is 1.43 bits per heavy atom. The van der Waals surface area contributed by atoms with Crippen molar-refractivity contribution in [1.29, 1.82) is 0 Å². The Kier molecular flexibility index (Phi) is 4.18. The van der Waals surface area contributed by atoms with Crippen molar-refractivity contribution in [3.05, 3.63) is 96.1 Å². The summed E-state index contributed by atoms with van der Waals surface area (Å²) in [7, 11) is 0. The first kappa shape index (κ1) is 16.8. The average molecular weight is 386 g/mol. The van der Waals surface area contributed by atoms with Gasteiger partial charge >= 0.3 is 0 Å². The van der Waals surface area contributed by atoms with Crippen LogP contribution in [-0.2, 0) is 6.42 Å². The van der Waals surface area contributed by atoms with Gasteiger partial charge in [0.05, 0.1) is 0 Å². The van der Waals surface area contributed by atoms with Gasteiger partial charge in [0.25, 0.3) is 0 Å². The quantitative estimate of drug-likeness (QED) is 0.424. The fourth-order valence-electron chi connectivity index (χ4n) is 3.11. The molecule has 28 heavy (non-hydrogen) atoms. The van der Waals surface area contributed by atoms with Crippen LogP contribution in [0, 0.1) is 5.82 Å². The summed E-state index contributed by atoms with van der Waals surface area (Å²) in [4.78, 5) is 0.749. The highest BCUT2D eigenvalue weighted by Crippen LogP contribution is 2.28. The standard InChI is InChI=1S/C22H15FN4S/c23-19-12-6-15(7-13-19)14-20-24-25-22-27(20)26-21(28-22)18-10-8-17(9-11-18)16-4-2-1-3-5-16/h1-13H,14H2. The number of aromatic nitrogens is 4. The first-order valence-corrected chi connectivity index (χ1v) is 9.69. The van der Waals surface area contributed by atoms with Crippen molar-refractivity contribution in [2.75, 3.05) is 0 Å². The van der Waals surface area contributed by atoms with Crippen LogP contribution >= 0.6 is 11.3 Å². The smallest absolute Gasteiger partial charge is 0.207 e. The van der Waals surface area contributed by atoms with Crippen molar-refractivity contribution in [2.24, 2.45) is 0 Å². The van der Waals surface area contributed by atoms with Crippen molar-refractivity contribution < 1.29 is 4.39 Å². The van der Waals surface area contributed by atoms with E-state index in [0.717, 1.165) is 26.9 Å². The van der Waals surface area contributed by atoms with Crippen molar-refractivity contribution >= 4 is 16.3 Å². The molecule has 0 radical (unpaired) electrons. The summed E-state index contributed by atoms with van der Waals surface area (Å²) < 4.78 is 14.9. The molecule has 0 aliphatic carbocycles. The first-order chi connectivity index (χ1) is 13.8. The van der Waals surface area contributed by atoms with Crippen LogP contribution in [0.5, 0.6) is 0 Å². The molecule has 0 spiro atoms. The Balaban J connectivity index is 1.44. The fraction of sp³-hybridized carbons (Fsp3) is 0.0455. The number of benzene rings is 3. The highest BCUT2D eigenvalue weighted by atomic mass is 32.1. The molecule has 0 saturated heterocycles. The molecule has 6 heteroatoms. The van der Waals surface area contributed by atoms with E-state index in [-0.39, 0.29) is 5.82 Å². The van der Waals surface area contributed by atoms with Gasteiger partial charge in [-0.2, -0.15) is 9.61 Å². The van der Waals surface area contributed by atoms with Crippen molar-refractivity contribution in [3.63, 3.8) is 0 Å². The minimum Gasteiger partial charge on any atom is -0.207 e. The molecular formula is C22H15FN4S. The number of fused-ring (bicyclic) bond motifs is 1. The summed E-state index contributed by atoms with van der Waals surface area (Å²) in [5.41, 5.74) is 4.37. The van der Waals surface area contributed by atoms with Gasteiger partial charge in [-0.15, -0.1) is 10.2 Å². The second kappa shape index (κ2) is 6.98. The molecule has 0 amide bonds.